The summed E-state index contributed by atoms with van der Waals surface area (Å²) in [5.74, 6) is -0.916. The summed E-state index contributed by atoms with van der Waals surface area (Å²) < 4.78 is 41.4. The fraction of sp³-hybridized carbons (Fsp3) is 0.391. The number of nitrogens with zero attached hydrogens (tertiary/aromatic N) is 1. The lowest BCUT2D eigenvalue weighted by atomic mass is 9.64. The van der Waals surface area contributed by atoms with E-state index < -0.39 is 34.6 Å². The van der Waals surface area contributed by atoms with Crippen LogP contribution in [-0.2, 0) is 19.1 Å². The molecular formula is C46H51F3N2O4. The molecule has 1 fully saturated rings. The standard InChI is InChI=1S/C46H51F3N2O4/c1-31-12-11-24-44(3)41(39-22-20-34(26-38(52)21-19-31)27-40(39)42(53)36-17-10-18-37(28-36)46(47,48)49)23-25-45(44,55)30-51(29-33-13-6-4-7-14-33)43(54)50-32(2)35-15-8-5-9-16-35/h4-10,12-18,20,22,27-28,32,38,41,52,55H,11,19,21,23-26,29-30H2,1-3H3,(H,50,54). The van der Waals surface area contributed by atoms with Gasteiger partial charge in [0.05, 0.1) is 29.9 Å². The van der Waals surface area contributed by atoms with E-state index in [9.17, 15) is 33.0 Å². The molecule has 1 saturated carbocycles. The highest BCUT2D eigenvalue weighted by Gasteiger charge is 2.57. The second kappa shape index (κ2) is 16.6. The van der Waals surface area contributed by atoms with Gasteiger partial charge in [0, 0.05) is 23.1 Å². The number of urea groups is 1. The second-order valence-corrected chi connectivity index (χ2v) is 15.8. The first-order valence-electron chi connectivity index (χ1n) is 19.2. The van der Waals surface area contributed by atoms with Crippen LogP contribution < -0.4 is 5.32 Å². The van der Waals surface area contributed by atoms with Gasteiger partial charge in [-0.25, -0.2) is 4.79 Å². The zero-order valence-corrected chi connectivity index (χ0v) is 31.8. The average molecular weight is 753 g/mol. The first kappa shape index (κ1) is 39.9. The molecule has 4 aromatic carbocycles. The molecule has 2 amide bonds. The van der Waals surface area contributed by atoms with Crippen LogP contribution in [0.25, 0.3) is 0 Å². The number of hydrogen-bond donors (Lipinski definition) is 3. The Morgan fingerprint density at radius 2 is 1.64 bits per heavy atom. The van der Waals surface area contributed by atoms with E-state index in [1.807, 2.05) is 93.6 Å². The Morgan fingerprint density at radius 3 is 2.35 bits per heavy atom. The Morgan fingerprint density at radius 1 is 0.927 bits per heavy atom. The third kappa shape index (κ3) is 9.05. The Balaban J connectivity index is 1.42. The average Bonchev–Trinajstić information content (AvgIpc) is 3.42. The molecule has 290 valence electrons. The maximum Gasteiger partial charge on any atom is 0.416 e. The summed E-state index contributed by atoms with van der Waals surface area (Å²) in [5.41, 5.74) is 1.36. The third-order valence-corrected chi connectivity index (χ3v) is 12.0. The highest BCUT2D eigenvalue weighted by atomic mass is 19.4. The number of hydrogen-bond acceptors (Lipinski definition) is 4. The van der Waals surface area contributed by atoms with E-state index in [1.165, 1.54) is 12.1 Å². The van der Waals surface area contributed by atoms with Crippen molar-refractivity contribution in [2.45, 2.75) is 102 Å². The molecule has 3 aliphatic carbocycles. The van der Waals surface area contributed by atoms with Crippen LogP contribution in [0.15, 0.2) is 115 Å². The van der Waals surface area contributed by atoms with Gasteiger partial charge in [0.25, 0.3) is 0 Å². The number of nitrogens with one attached hydrogen (secondary N) is 1. The highest BCUT2D eigenvalue weighted by Crippen LogP contribution is 2.59. The van der Waals surface area contributed by atoms with Crippen LogP contribution in [0.1, 0.15) is 115 Å². The van der Waals surface area contributed by atoms with Gasteiger partial charge in [-0.3, -0.25) is 4.79 Å². The van der Waals surface area contributed by atoms with Crippen LogP contribution >= 0.6 is 0 Å². The van der Waals surface area contributed by atoms with Crippen molar-refractivity contribution in [1.82, 2.24) is 10.2 Å². The number of carbonyl (C=O) groups excluding carboxylic acids is 2. The van der Waals surface area contributed by atoms with Gasteiger partial charge in [-0.1, -0.05) is 104 Å². The second-order valence-electron chi connectivity index (χ2n) is 15.8. The molecule has 6 nitrogen and oxygen atoms in total. The number of rotatable bonds is 8. The maximum atomic E-state index is 14.4. The molecule has 5 unspecified atom stereocenters. The molecule has 0 aromatic heterocycles. The van der Waals surface area contributed by atoms with E-state index in [4.69, 9.17) is 0 Å². The van der Waals surface area contributed by atoms with E-state index in [-0.39, 0.29) is 48.6 Å². The van der Waals surface area contributed by atoms with Crippen LogP contribution in [0, 0.1) is 5.41 Å². The lowest BCUT2D eigenvalue weighted by Crippen LogP contribution is -2.55. The first-order valence-corrected chi connectivity index (χ1v) is 19.2. The molecular weight excluding hydrogens is 702 g/mol. The van der Waals surface area contributed by atoms with Gasteiger partial charge in [-0.15, -0.1) is 0 Å². The number of aliphatic hydroxyl groups excluding tert-OH is 1. The quantitative estimate of drug-likeness (QED) is 0.124. The molecule has 0 heterocycles. The summed E-state index contributed by atoms with van der Waals surface area (Å²) in [6.45, 7) is 6.27. The molecule has 0 spiro atoms. The van der Waals surface area contributed by atoms with Crippen molar-refractivity contribution in [3.8, 4) is 0 Å². The van der Waals surface area contributed by atoms with Crippen molar-refractivity contribution < 1.29 is 33.0 Å². The van der Waals surface area contributed by atoms with Crippen molar-refractivity contribution >= 4 is 11.8 Å². The van der Waals surface area contributed by atoms with Crippen molar-refractivity contribution in [1.29, 1.82) is 0 Å². The molecule has 55 heavy (non-hydrogen) atoms. The Bertz CT molecular complexity index is 2000. The van der Waals surface area contributed by atoms with E-state index in [0.717, 1.165) is 28.8 Å². The van der Waals surface area contributed by atoms with Gasteiger partial charge in [0.2, 0.25) is 0 Å². The number of fused-ring (bicyclic) bond motifs is 8. The summed E-state index contributed by atoms with van der Waals surface area (Å²) in [4.78, 5) is 30.3. The minimum absolute atomic E-state index is 0.0200. The van der Waals surface area contributed by atoms with Crippen LogP contribution in [0.4, 0.5) is 18.0 Å². The summed E-state index contributed by atoms with van der Waals surface area (Å²) in [5, 5.41) is 27.1. The largest absolute Gasteiger partial charge is 0.416 e. The molecule has 3 aliphatic rings. The molecule has 5 atom stereocenters. The van der Waals surface area contributed by atoms with Gasteiger partial charge in [-0.05, 0) is 105 Å². The lowest BCUT2D eigenvalue weighted by molar-refractivity contribution is -0.137. The summed E-state index contributed by atoms with van der Waals surface area (Å²) in [6.07, 6.45) is 0.280. The van der Waals surface area contributed by atoms with Gasteiger partial charge in [0.15, 0.2) is 5.78 Å². The number of ketones is 1. The van der Waals surface area contributed by atoms with Crippen LogP contribution in [-0.4, -0.2) is 45.2 Å². The predicted molar refractivity (Wildman–Crippen MR) is 209 cm³/mol. The minimum Gasteiger partial charge on any atom is -0.393 e. The number of amides is 2. The Hall–Kier alpha value is -4.73. The molecule has 4 aromatic rings. The summed E-state index contributed by atoms with van der Waals surface area (Å²) in [7, 11) is 0. The van der Waals surface area contributed by atoms with Gasteiger partial charge in [0.1, 0.15) is 0 Å². The smallest absolute Gasteiger partial charge is 0.393 e. The molecule has 9 heteroatoms. The Labute approximate surface area is 322 Å². The predicted octanol–water partition coefficient (Wildman–Crippen LogP) is 9.95. The van der Waals surface area contributed by atoms with Crippen molar-refractivity contribution in [2.75, 3.05) is 6.54 Å². The van der Waals surface area contributed by atoms with Crippen LogP contribution in [0.2, 0.25) is 0 Å². The van der Waals surface area contributed by atoms with E-state index in [1.54, 1.807) is 11.0 Å². The molecule has 3 N–H and O–H groups in total. The zero-order chi connectivity index (χ0) is 39.4. The van der Waals surface area contributed by atoms with Gasteiger partial charge >= 0.3 is 12.2 Å². The van der Waals surface area contributed by atoms with Crippen molar-refractivity contribution in [3.63, 3.8) is 0 Å². The number of benzene rings is 4. The lowest BCUT2D eigenvalue weighted by Gasteiger charge is -2.46. The molecule has 0 aliphatic heterocycles. The molecule has 0 saturated heterocycles. The maximum absolute atomic E-state index is 14.4. The third-order valence-electron chi connectivity index (χ3n) is 12.0. The number of halogens is 3. The van der Waals surface area contributed by atoms with E-state index >= 15 is 0 Å². The molecule has 0 radical (unpaired) electrons. The number of allylic oxidation sites excluding steroid dienone is 2. The fourth-order valence-electron chi connectivity index (χ4n) is 8.61. The summed E-state index contributed by atoms with van der Waals surface area (Å²) in [6, 6.07) is 28.6. The number of carbonyl (C=O) groups is 2. The van der Waals surface area contributed by atoms with Crippen molar-refractivity contribution in [2.24, 2.45) is 5.41 Å². The van der Waals surface area contributed by atoms with E-state index in [0.29, 0.717) is 49.7 Å². The number of aliphatic hydroxyl groups is 2. The van der Waals surface area contributed by atoms with Gasteiger partial charge < -0.3 is 20.4 Å². The fourth-order valence-corrected chi connectivity index (χ4v) is 8.61. The Kier molecular flexibility index (Phi) is 12.0. The zero-order valence-electron chi connectivity index (χ0n) is 31.8. The normalized spacial score (nSPS) is 23.6. The first-order chi connectivity index (χ1) is 26.2. The van der Waals surface area contributed by atoms with Gasteiger partial charge in [-0.2, -0.15) is 13.2 Å². The van der Waals surface area contributed by atoms with Crippen LogP contribution in [0.3, 0.4) is 0 Å². The SMILES string of the molecule is CC1=CCCC2(C)C(CCC2(O)CN(Cc2ccccc2)C(=O)NC(C)c2ccccc2)c2ccc(cc2C(=O)c2cccc(C(F)(F)F)c2)CC(O)CC1. The topological polar surface area (TPSA) is 89.9 Å². The van der Waals surface area contributed by atoms with Crippen LogP contribution in [0.5, 0.6) is 0 Å². The van der Waals surface area contributed by atoms with E-state index in [2.05, 4.69) is 11.4 Å². The summed E-state index contributed by atoms with van der Waals surface area (Å²) >= 11 is 0. The van der Waals surface area contributed by atoms with Crippen molar-refractivity contribution in [3.05, 3.63) is 154 Å². The highest BCUT2D eigenvalue weighted by molar-refractivity contribution is 6.10. The minimum atomic E-state index is -4.62. The monoisotopic (exact) mass is 752 g/mol. The molecule has 7 rings (SSSR count). The molecule has 2 bridgehead atoms. The number of alkyl halides is 3.